The van der Waals surface area contributed by atoms with E-state index in [4.69, 9.17) is 14.2 Å². The number of hydrogen-bond acceptors (Lipinski definition) is 10. The summed E-state index contributed by atoms with van der Waals surface area (Å²) in [6.45, 7) is 5.54. The SMILES string of the molecule is CC/C=C\C/C=C\C/C=C\C/C=C\C/C=C\CCCC(=O)OC1C(OCC(NC(=O)C(O)CC/C=C\C/C=C\C/C=C\C/C=C\CCCCC)C(O)/C=C/CCCCCCCCCCC)OC(CO)C(O)C1O. The number of aliphatic hydroxyl groups excluding tert-OH is 5. The second kappa shape index (κ2) is 49.0. The molecule has 0 aromatic rings. The van der Waals surface area contributed by atoms with E-state index in [9.17, 15) is 35.1 Å². The summed E-state index contributed by atoms with van der Waals surface area (Å²) in [5.41, 5.74) is 0. The molecule has 1 rings (SSSR count). The lowest BCUT2D eigenvalue weighted by Gasteiger charge is -2.41. The lowest BCUT2D eigenvalue weighted by molar-refractivity contribution is -0.305. The summed E-state index contributed by atoms with van der Waals surface area (Å²) in [6, 6.07) is -1.07. The number of rotatable bonds is 45. The van der Waals surface area contributed by atoms with Gasteiger partial charge in [-0.25, -0.2) is 0 Å². The lowest BCUT2D eigenvalue weighted by atomic mass is 9.99. The zero-order valence-electron chi connectivity index (χ0n) is 45.4. The minimum Gasteiger partial charge on any atom is -0.454 e. The van der Waals surface area contributed by atoms with Gasteiger partial charge in [-0.15, -0.1) is 0 Å². The summed E-state index contributed by atoms with van der Waals surface area (Å²) in [4.78, 5) is 26.4. The number of amides is 1. The van der Waals surface area contributed by atoms with E-state index in [1.807, 2.05) is 30.4 Å². The van der Waals surface area contributed by atoms with Crippen LogP contribution in [0.25, 0.3) is 0 Å². The Bertz CT molecular complexity index is 1640. The van der Waals surface area contributed by atoms with Crippen LogP contribution in [-0.4, -0.2) is 99.6 Å². The van der Waals surface area contributed by atoms with E-state index in [1.165, 1.54) is 57.8 Å². The summed E-state index contributed by atoms with van der Waals surface area (Å²) < 4.78 is 17.5. The van der Waals surface area contributed by atoms with E-state index in [0.717, 1.165) is 83.5 Å². The van der Waals surface area contributed by atoms with Crippen molar-refractivity contribution in [2.75, 3.05) is 13.2 Å². The average molecular weight is 1020 g/mol. The maximum atomic E-state index is 13.3. The van der Waals surface area contributed by atoms with Crippen molar-refractivity contribution < 1.29 is 49.3 Å². The highest BCUT2D eigenvalue weighted by atomic mass is 16.7. The number of carbonyl (C=O) groups is 2. The van der Waals surface area contributed by atoms with Crippen LogP contribution < -0.4 is 5.32 Å². The van der Waals surface area contributed by atoms with Crippen molar-refractivity contribution in [3.8, 4) is 0 Å². The first-order valence-electron chi connectivity index (χ1n) is 28.3. The Morgan fingerprint density at radius 2 is 0.986 bits per heavy atom. The van der Waals surface area contributed by atoms with Crippen molar-refractivity contribution >= 4 is 11.9 Å². The van der Waals surface area contributed by atoms with Crippen LogP contribution in [0.2, 0.25) is 0 Å². The van der Waals surface area contributed by atoms with Crippen molar-refractivity contribution in [3.05, 3.63) is 122 Å². The minimum absolute atomic E-state index is 0.0316. The highest BCUT2D eigenvalue weighted by molar-refractivity contribution is 5.80. The number of ether oxygens (including phenoxy) is 3. The number of carbonyl (C=O) groups excluding carboxylic acids is 2. The fourth-order valence-electron chi connectivity index (χ4n) is 7.85. The van der Waals surface area contributed by atoms with Crippen LogP contribution in [0.3, 0.4) is 0 Å². The van der Waals surface area contributed by atoms with E-state index in [-0.39, 0.29) is 19.4 Å². The van der Waals surface area contributed by atoms with Gasteiger partial charge < -0.3 is 45.1 Å². The topological polar surface area (TPSA) is 175 Å². The fraction of sp³-hybridized carbons (Fsp3) is 0.645. The fourth-order valence-corrected chi connectivity index (χ4v) is 7.85. The molecule has 1 saturated heterocycles. The molecule has 73 heavy (non-hydrogen) atoms. The van der Waals surface area contributed by atoms with Gasteiger partial charge in [-0.2, -0.15) is 0 Å². The molecule has 1 aliphatic heterocycles. The first-order valence-corrected chi connectivity index (χ1v) is 28.3. The Morgan fingerprint density at radius 1 is 0.548 bits per heavy atom. The quantitative estimate of drug-likeness (QED) is 0.0196. The molecule has 11 heteroatoms. The highest BCUT2D eigenvalue weighted by Crippen LogP contribution is 2.26. The zero-order valence-corrected chi connectivity index (χ0v) is 45.4. The van der Waals surface area contributed by atoms with Crippen LogP contribution in [0.15, 0.2) is 122 Å². The van der Waals surface area contributed by atoms with Crippen molar-refractivity contribution in [2.45, 2.75) is 243 Å². The van der Waals surface area contributed by atoms with Crippen LogP contribution >= 0.6 is 0 Å². The summed E-state index contributed by atoms with van der Waals surface area (Å²) in [5, 5.41) is 56.7. The predicted molar refractivity (Wildman–Crippen MR) is 301 cm³/mol. The molecule has 11 nitrogen and oxygen atoms in total. The number of hydrogen-bond donors (Lipinski definition) is 6. The highest BCUT2D eigenvalue weighted by Gasteiger charge is 2.47. The van der Waals surface area contributed by atoms with Gasteiger partial charge in [0, 0.05) is 6.42 Å². The first kappa shape index (κ1) is 67.1. The van der Waals surface area contributed by atoms with Gasteiger partial charge in [0.25, 0.3) is 0 Å². The number of allylic oxidation sites excluding steroid dienone is 19. The summed E-state index contributed by atoms with van der Waals surface area (Å²) in [7, 11) is 0. The monoisotopic (exact) mass is 1020 g/mol. The molecule has 0 aromatic carbocycles. The van der Waals surface area contributed by atoms with Gasteiger partial charge >= 0.3 is 5.97 Å². The average Bonchev–Trinajstić information content (AvgIpc) is 3.39. The van der Waals surface area contributed by atoms with Gasteiger partial charge in [-0.1, -0.05) is 206 Å². The van der Waals surface area contributed by atoms with Gasteiger partial charge in [-0.3, -0.25) is 9.59 Å². The molecule has 8 unspecified atom stereocenters. The van der Waals surface area contributed by atoms with Crippen molar-refractivity contribution in [3.63, 3.8) is 0 Å². The van der Waals surface area contributed by atoms with E-state index < -0.39 is 67.4 Å². The Morgan fingerprint density at radius 3 is 1.51 bits per heavy atom. The Labute approximate surface area is 442 Å². The minimum atomic E-state index is -1.65. The molecule has 0 aliphatic carbocycles. The molecular formula is C62H101NO10. The number of esters is 1. The largest absolute Gasteiger partial charge is 0.454 e. The Balaban J connectivity index is 2.82. The molecule has 1 heterocycles. The molecular weight excluding hydrogens is 919 g/mol. The molecule has 0 aromatic heterocycles. The molecule has 1 amide bonds. The molecule has 8 atom stereocenters. The van der Waals surface area contributed by atoms with Crippen LogP contribution in [0.5, 0.6) is 0 Å². The second-order valence-electron chi connectivity index (χ2n) is 18.9. The third kappa shape index (κ3) is 37.4. The number of unbranched alkanes of at least 4 members (excludes halogenated alkanes) is 13. The molecule has 0 bridgehead atoms. The molecule has 0 radical (unpaired) electrons. The van der Waals surface area contributed by atoms with Crippen molar-refractivity contribution in [1.29, 1.82) is 0 Å². The van der Waals surface area contributed by atoms with Gasteiger partial charge in [0.2, 0.25) is 5.91 Å². The van der Waals surface area contributed by atoms with Gasteiger partial charge in [-0.05, 0) is 103 Å². The lowest BCUT2D eigenvalue weighted by Crippen LogP contribution is -2.61. The van der Waals surface area contributed by atoms with Crippen LogP contribution in [-0.2, 0) is 23.8 Å². The molecule has 6 N–H and O–H groups in total. The maximum Gasteiger partial charge on any atom is 0.306 e. The standard InChI is InChI=1S/C62H101NO10/c1-4-7-10-13-16-19-22-24-26-28-30-32-35-38-41-44-47-50-57(67)73-60-59(69)58(68)56(51-64)72-62(60)71-52-53(54(65)48-45-42-39-36-33-21-18-15-12-9-6-3)63-61(70)55(66)49-46-43-40-37-34-31-29-27-25-23-20-17-14-11-8-5-2/h7,10,16-17,19-20,24-27,30-32,34,38,40-41,43,45,48,53-56,58-60,62,64-66,68-69H,4-6,8-9,11-15,18,21-23,28-29,33,35-37,39,42,44,46-47,49-52H2,1-3H3,(H,63,70)/b10-7-,19-16-,20-17-,26-24-,27-25-,32-30-,34-31-,41-38-,43-40-,48-45+. The predicted octanol–water partition coefficient (Wildman–Crippen LogP) is 12.7. The number of aliphatic hydroxyl groups is 5. The molecule has 1 fully saturated rings. The third-order valence-corrected chi connectivity index (χ3v) is 12.4. The summed E-state index contributed by atoms with van der Waals surface area (Å²) >= 11 is 0. The van der Waals surface area contributed by atoms with E-state index in [1.54, 1.807) is 6.08 Å². The maximum absolute atomic E-state index is 13.3. The van der Waals surface area contributed by atoms with Crippen molar-refractivity contribution in [2.24, 2.45) is 0 Å². The molecule has 0 spiro atoms. The smallest absolute Gasteiger partial charge is 0.306 e. The van der Waals surface area contributed by atoms with E-state index >= 15 is 0 Å². The molecule has 0 saturated carbocycles. The van der Waals surface area contributed by atoms with Crippen LogP contribution in [0, 0.1) is 0 Å². The van der Waals surface area contributed by atoms with Gasteiger partial charge in [0.15, 0.2) is 12.4 Å². The molecule has 1 aliphatic rings. The Kier molecular flexibility index (Phi) is 45.0. The first-order chi connectivity index (χ1) is 35.7. The van der Waals surface area contributed by atoms with Gasteiger partial charge in [0.05, 0.1) is 25.4 Å². The van der Waals surface area contributed by atoms with Crippen LogP contribution in [0.4, 0.5) is 0 Å². The normalized spacial score (nSPS) is 20.4. The van der Waals surface area contributed by atoms with E-state index in [0.29, 0.717) is 19.3 Å². The summed E-state index contributed by atoms with van der Waals surface area (Å²) in [5.74, 6) is -1.33. The summed E-state index contributed by atoms with van der Waals surface area (Å²) in [6.07, 6.45) is 56.8. The number of nitrogens with one attached hydrogen (secondary N) is 1. The zero-order chi connectivity index (χ0) is 53.3. The van der Waals surface area contributed by atoms with Crippen molar-refractivity contribution in [1.82, 2.24) is 5.32 Å². The third-order valence-electron chi connectivity index (χ3n) is 12.4. The second-order valence-corrected chi connectivity index (χ2v) is 18.9. The Hall–Kier alpha value is -3.94. The van der Waals surface area contributed by atoms with E-state index in [2.05, 4.69) is 111 Å². The van der Waals surface area contributed by atoms with Crippen LogP contribution in [0.1, 0.15) is 194 Å². The van der Waals surface area contributed by atoms with Gasteiger partial charge in [0.1, 0.15) is 24.4 Å². The molecule has 414 valence electrons.